The molecule has 0 atom stereocenters. The van der Waals surface area contributed by atoms with E-state index in [0.717, 1.165) is 73.3 Å². The number of carboxylic acids is 1. The van der Waals surface area contributed by atoms with Crippen LogP contribution in [0, 0.1) is 25.5 Å². The highest BCUT2D eigenvalue weighted by Gasteiger charge is 2.14. The maximum absolute atomic E-state index is 13.5. The van der Waals surface area contributed by atoms with Gasteiger partial charge in [-0.1, -0.05) is 94.8 Å². The number of methoxy groups -OCH3 is 1. The Hall–Kier alpha value is -6.23. The van der Waals surface area contributed by atoms with Gasteiger partial charge in [0.05, 0.1) is 25.0 Å². The van der Waals surface area contributed by atoms with Crippen LogP contribution in [-0.2, 0) is 0 Å². The summed E-state index contributed by atoms with van der Waals surface area (Å²) in [7, 11) is 1.65. The van der Waals surface area contributed by atoms with Gasteiger partial charge in [-0.2, -0.15) is 0 Å². The first-order valence-corrected chi connectivity index (χ1v) is 25.0. The molecule has 0 aliphatic heterocycles. The van der Waals surface area contributed by atoms with Crippen molar-refractivity contribution in [2.45, 2.75) is 13.8 Å². The Kier molecular flexibility index (Phi) is 21.0. The van der Waals surface area contributed by atoms with Gasteiger partial charge in [-0.25, -0.2) is 13.6 Å². The highest BCUT2D eigenvalue weighted by molar-refractivity contribution is 9.11. The van der Waals surface area contributed by atoms with Gasteiger partial charge in [0.25, 0.3) is 0 Å². The topological polar surface area (TPSA) is 137 Å². The molecule has 364 valence electrons. The SMILES string of the molecule is COc1ccccc1/C=C/c1cc(Br)c(O)c(Br)c1.Cc1cc(Oc2ccccc2)cc(C)c1O.O=C(O)c1cc(-c2ccc(F)cc2F)ccc1O.Oc1c(Br)cc(/C=C/c2ccc(Br)cc2)cc1Br. The molecule has 15 heteroatoms. The van der Waals surface area contributed by atoms with E-state index in [9.17, 15) is 34.0 Å². The first-order chi connectivity index (χ1) is 33.8. The van der Waals surface area contributed by atoms with Crippen LogP contribution in [0.2, 0.25) is 0 Å². The number of benzene rings is 8. The first kappa shape index (κ1) is 55.7. The number of para-hydroxylation sites is 2. The smallest absolute Gasteiger partial charge is 0.339 e. The number of aryl methyl sites for hydroxylation is 2. The Bertz CT molecular complexity index is 3110. The number of hydrogen-bond donors (Lipinski definition) is 5. The summed E-state index contributed by atoms with van der Waals surface area (Å²) < 4.78 is 41.0. The number of carbonyl (C=O) groups is 1. The minimum Gasteiger partial charge on any atom is -0.507 e. The molecule has 0 fully saturated rings. The van der Waals surface area contributed by atoms with Crippen LogP contribution >= 0.6 is 79.6 Å². The summed E-state index contributed by atoms with van der Waals surface area (Å²) in [5, 5.41) is 47.1. The molecule has 8 aromatic carbocycles. The Balaban J connectivity index is 0.000000176. The van der Waals surface area contributed by atoms with Gasteiger partial charge in [-0.3, -0.25) is 0 Å². The Morgan fingerprint density at radius 2 is 1.06 bits per heavy atom. The Morgan fingerprint density at radius 1 is 0.535 bits per heavy atom. The fourth-order valence-corrected chi connectivity index (χ4v) is 9.03. The highest BCUT2D eigenvalue weighted by atomic mass is 79.9. The molecular weight excluding hydrogens is 1240 g/mol. The van der Waals surface area contributed by atoms with Gasteiger partial charge in [-0.15, -0.1) is 0 Å². The van der Waals surface area contributed by atoms with E-state index in [2.05, 4.69) is 79.6 Å². The van der Waals surface area contributed by atoms with E-state index < -0.39 is 23.4 Å². The second-order valence-electron chi connectivity index (χ2n) is 15.1. The number of hydrogen-bond acceptors (Lipinski definition) is 7. The number of aromatic carboxylic acids is 1. The zero-order chi connectivity index (χ0) is 51.8. The monoisotopic (exact) mass is 1280 g/mol. The zero-order valence-corrected chi connectivity index (χ0v) is 45.8. The molecule has 0 aliphatic carbocycles. The predicted molar refractivity (Wildman–Crippen MR) is 297 cm³/mol. The van der Waals surface area contributed by atoms with Crippen molar-refractivity contribution in [1.82, 2.24) is 0 Å². The Morgan fingerprint density at radius 3 is 1.59 bits per heavy atom. The number of halogens is 7. The molecule has 0 unspecified atom stereocenters. The van der Waals surface area contributed by atoms with Crippen molar-refractivity contribution in [1.29, 1.82) is 0 Å². The summed E-state index contributed by atoms with van der Waals surface area (Å²) >= 11 is 16.7. The van der Waals surface area contributed by atoms with Gasteiger partial charge in [0.1, 0.15) is 57.4 Å². The van der Waals surface area contributed by atoms with Crippen molar-refractivity contribution in [3.05, 3.63) is 225 Å². The minimum atomic E-state index is -1.32. The van der Waals surface area contributed by atoms with Gasteiger partial charge >= 0.3 is 5.97 Å². The number of phenols is 4. The van der Waals surface area contributed by atoms with E-state index in [-0.39, 0.29) is 28.2 Å². The van der Waals surface area contributed by atoms with Crippen LogP contribution in [0.5, 0.6) is 40.2 Å². The molecule has 8 nitrogen and oxygen atoms in total. The molecule has 0 radical (unpaired) electrons. The van der Waals surface area contributed by atoms with Gasteiger partial charge in [-0.05, 0) is 202 Å². The van der Waals surface area contributed by atoms with Crippen LogP contribution in [0.1, 0.15) is 43.7 Å². The highest BCUT2D eigenvalue weighted by Crippen LogP contribution is 2.36. The average Bonchev–Trinajstić information content (AvgIpc) is 3.34. The molecule has 0 saturated heterocycles. The fourth-order valence-electron chi connectivity index (χ4n) is 6.32. The van der Waals surface area contributed by atoms with Crippen LogP contribution in [0.25, 0.3) is 35.4 Å². The van der Waals surface area contributed by atoms with E-state index >= 15 is 0 Å². The number of rotatable bonds is 9. The summed E-state index contributed by atoms with van der Waals surface area (Å²) in [4.78, 5) is 10.8. The maximum atomic E-state index is 13.5. The van der Waals surface area contributed by atoms with Crippen LogP contribution in [-0.4, -0.2) is 38.6 Å². The van der Waals surface area contributed by atoms with Crippen LogP contribution in [0.4, 0.5) is 8.78 Å². The predicted octanol–water partition coefficient (Wildman–Crippen LogP) is 17.8. The lowest BCUT2D eigenvalue weighted by molar-refractivity contribution is 0.0693. The molecule has 0 aliphatic rings. The van der Waals surface area contributed by atoms with E-state index in [1.54, 1.807) is 7.11 Å². The maximum Gasteiger partial charge on any atom is 0.339 e. The van der Waals surface area contributed by atoms with E-state index in [4.69, 9.17) is 14.6 Å². The quantitative estimate of drug-likeness (QED) is 0.0902. The summed E-state index contributed by atoms with van der Waals surface area (Å²) in [6.45, 7) is 3.72. The summed E-state index contributed by atoms with van der Waals surface area (Å²) in [6, 6.07) is 43.2. The number of aromatic hydroxyl groups is 4. The number of phenolic OH excluding ortho intramolecular Hbond substituents is 3. The molecule has 0 aromatic heterocycles. The van der Waals surface area contributed by atoms with Crippen molar-refractivity contribution in [3.8, 4) is 51.4 Å². The molecule has 0 heterocycles. The lowest BCUT2D eigenvalue weighted by atomic mass is 10.0. The second kappa shape index (κ2) is 26.8. The summed E-state index contributed by atoms with van der Waals surface area (Å²) in [5.74, 6) is -0.108. The zero-order valence-electron chi connectivity index (χ0n) is 37.8. The number of ether oxygens (including phenoxy) is 2. The van der Waals surface area contributed by atoms with Crippen molar-refractivity contribution >= 4 is 110 Å². The fraction of sp³-hybridized carbons (Fsp3) is 0.0536. The van der Waals surface area contributed by atoms with Crippen molar-refractivity contribution < 1.29 is 48.6 Å². The van der Waals surface area contributed by atoms with E-state index in [0.29, 0.717) is 29.7 Å². The molecule has 71 heavy (non-hydrogen) atoms. The van der Waals surface area contributed by atoms with Gasteiger partial charge in [0, 0.05) is 21.7 Å². The van der Waals surface area contributed by atoms with Crippen molar-refractivity contribution in [2.24, 2.45) is 0 Å². The molecule has 8 aromatic rings. The van der Waals surface area contributed by atoms with Crippen molar-refractivity contribution in [2.75, 3.05) is 7.11 Å². The van der Waals surface area contributed by atoms with Crippen LogP contribution < -0.4 is 9.47 Å². The third-order valence-electron chi connectivity index (χ3n) is 9.92. The standard InChI is InChI=1S/C15H12Br2O2.C14H9Br3O.C14H14O2.C13H8F2O3/c1-19-14-5-3-2-4-11(14)7-6-10-8-12(16)15(18)13(17)9-10;15-11-5-3-9(4-6-11)1-2-10-7-12(16)14(18)13(17)8-10;1-10-8-13(9-11(2)14(10)15)16-12-6-4-3-5-7-12;14-8-2-3-9(11(15)6-8)7-1-4-12(16)10(5-7)13(17)18/h2-9,18H,1H3;1-8,18H;3-9,15H,1-2H3;1-6,16H,(H,17,18)/b7-6+;2-1+;;. The third kappa shape index (κ3) is 16.7. The van der Waals surface area contributed by atoms with Gasteiger partial charge in [0.15, 0.2) is 0 Å². The molecule has 0 saturated carbocycles. The largest absolute Gasteiger partial charge is 0.507 e. The lowest BCUT2D eigenvalue weighted by Crippen LogP contribution is -1.97. The summed E-state index contributed by atoms with van der Waals surface area (Å²) in [6.07, 6.45) is 7.97. The molecule has 0 amide bonds. The molecule has 5 N–H and O–H groups in total. The Labute approximate surface area is 451 Å². The van der Waals surface area contributed by atoms with Gasteiger partial charge in [0.2, 0.25) is 0 Å². The third-order valence-corrected chi connectivity index (χ3v) is 12.9. The minimum absolute atomic E-state index is 0.0684. The molecule has 0 spiro atoms. The molecular formula is C56H43Br5F2O8. The van der Waals surface area contributed by atoms with Crippen molar-refractivity contribution in [3.63, 3.8) is 0 Å². The lowest BCUT2D eigenvalue weighted by Gasteiger charge is -2.09. The molecule has 8 rings (SSSR count). The normalized spacial score (nSPS) is 10.6. The van der Waals surface area contributed by atoms with Gasteiger partial charge < -0.3 is 35.0 Å². The number of carboxylic acid groups (broad SMARTS) is 1. The van der Waals surface area contributed by atoms with E-state index in [1.165, 1.54) is 12.1 Å². The molecule has 0 bridgehead atoms. The van der Waals surface area contributed by atoms with Crippen LogP contribution in [0.15, 0.2) is 174 Å². The van der Waals surface area contributed by atoms with E-state index in [1.807, 2.05) is 153 Å². The second-order valence-corrected chi connectivity index (χ2v) is 19.4. The summed E-state index contributed by atoms with van der Waals surface area (Å²) in [5.41, 5.74) is 5.75. The average molecular weight is 1280 g/mol. The van der Waals surface area contributed by atoms with Crippen LogP contribution in [0.3, 0.4) is 0 Å². The first-order valence-electron chi connectivity index (χ1n) is 21.0.